The second kappa shape index (κ2) is 7.14. The number of rotatable bonds is 4. The zero-order chi connectivity index (χ0) is 19.8. The number of amides is 1. The third-order valence-corrected chi connectivity index (χ3v) is 5.67. The Labute approximate surface area is 164 Å². The van der Waals surface area contributed by atoms with Crippen molar-refractivity contribution in [1.82, 2.24) is 4.98 Å². The van der Waals surface area contributed by atoms with E-state index in [0.29, 0.717) is 17.5 Å². The van der Waals surface area contributed by atoms with Crippen LogP contribution in [-0.4, -0.2) is 41.1 Å². The van der Waals surface area contributed by atoms with Crippen LogP contribution >= 0.6 is 0 Å². The van der Waals surface area contributed by atoms with Crippen LogP contribution in [0.2, 0.25) is 0 Å². The molecule has 0 spiro atoms. The largest absolute Gasteiger partial charge is 0.478 e. The Balaban J connectivity index is 1.70. The third-order valence-electron chi connectivity index (χ3n) is 5.67. The van der Waals surface area contributed by atoms with E-state index in [9.17, 15) is 14.7 Å². The molecule has 1 aliphatic heterocycles. The summed E-state index contributed by atoms with van der Waals surface area (Å²) >= 11 is 0. The molecule has 2 N–H and O–H groups in total. The lowest BCUT2D eigenvalue weighted by molar-refractivity contribution is -0.119. The SMILES string of the molecule is CC1C(=O)N(C)c2ccc(Nc3cccc(C(=O)O)c3)nc2N1C1CCCC1. The van der Waals surface area contributed by atoms with E-state index in [1.54, 1.807) is 36.2 Å². The predicted molar refractivity (Wildman–Crippen MR) is 109 cm³/mol. The maximum atomic E-state index is 12.7. The summed E-state index contributed by atoms with van der Waals surface area (Å²) in [6, 6.07) is 10.4. The number of anilines is 4. The Hall–Kier alpha value is -3.09. The molecule has 0 saturated heterocycles. The number of carbonyl (C=O) groups excluding carboxylic acids is 1. The first-order valence-corrected chi connectivity index (χ1v) is 9.63. The first kappa shape index (κ1) is 18.3. The Morgan fingerprint density at radius 1 is 1.21 bits per heavy atom. The van der Waals surface area contributed by atoms with Gasteiger partial charge in [-0.1, -0.05) is 18.9 Å². The van der Waals surface area contributed by atoms with Gasteiger partial charge in [-0.25, -0.2) is 9.78 Å². The number of hydrogen-bond donors (Lipinski definition) is 2. The van der Waals surface area contributed by atoms with E-state index in [0.717, 1.165) is 24.3 Å². The van der Waals surface area contributed by atoms with Crippen LogP contribution in [0.25, 0.3) is 0 Å². The molecule has 0 bridgehead atoms. The van der Waals surface area contributed by atoms with E-state index in [2.05, 4.69) is 10.2 Å². The van der Waals surface area contributed by atoms with Gasteiger partial charge in [-0.05, 0) is 50.1 Å². The minimum atomic E-state index is -0.969. The van der Waals surface area contributed by atoms with Gasteiger partial charge >= 0.3 is 5.97 Å². The molecule has 1 amide bonds. The number of aromatic nitrogens is 1. The van der Waals surface area contributed by atoms with Crippen molar-refractivity contribution < 1.29 is 14.7 Å². The number of hydrogen-bond acceptors (Lipinski definition) is 5. The molecule has 4 rings (SSSR count). The number of carboxylic acids is 1. The molecule has 2 aliphatic rings. The normalized spacial score (nSPS) is 19.6. The number of fused-ring (bicyclic) bond motifs is 1. The fourth-order valence-electron chi connectivity index (χ4n) is 4.21. The summed E-state index contributed by atoms with van der Waals surface area (Å²) in [5, 5.41) is 12.4. The Morgan fingerprint density at radius 2 is 1.96 bits per heavy atom. The van der Waals surface area contributed by atoms with Gasteiger partial charge in [-0.15, -0.1) is 0 Å². The molecule has 1 atom stereocenters. The van der Waals surface area contributed by atoms with Gasteiger partial charge in [-0.3, -0.25) is 4.79 Å². The average Bonchev–Trinajstić information content (AvgIpc) is 3.21. The lowest BCUT2D eigenvalue weighted by atomic mass is 10.1. The number of benzene rings is 1. The highest BCUT2D eigenvalue weighted by Crippen LogP contribution is 2.39. The highest BCUT2D eigenvalue weighted by molar-refractivity contribution is 6.04. The van der Waals surface area contributed by atoms with Crippen molar-refractivity contribution >= 4 is 34.9 Å². The summed E-state index contributed by atoms with van der Waals surface area (Å²) in [5.41, 5.74) is 1.68. The lowest BCUT2D eigenvalue weighted by Crippen LogP contribution is -2.54. The van der Waals surface area contributed by atoms with Crippen molar-refractivity contribution in [3.8, 4) is 0 Å². The number of aromatic carboxylic acids is 1. The van der Waals surface area contributed by atoms with Gasteiger partial charge in [0.05, 0.1) is 11.3 Å². The summed E-state index contributed by atoms with van der Waals surface area (Å²) in [7, 11) is 1.79. The summed E-state index contributed by atoms with van der Waals surface area (Å²) < 4.78 is 0. The number of pyridine rings is 1. The summed E-state index contributed by atoms with van der Waals surface area (Å²) in [6.45, 7) is 1.94. The van der Waals surface area contributed by atoms with Crippen LogP contribution < -0.4 is 15.1 Å². The summed E-state index contributed by atoms with van der Waals surface area (Å²) in [6.07, 6.45) is 4.49. The van der Waals surface area contributed by atoms with E-state index in [4.69, 9.17) is 4.98 Å². The Bertz CT molecular complexity index is 924. The Morgan fingerprint density at radius 3 is 2.68 bits per heavy atom. The fourth-order valence-corrected chi connectivity index (χ4v) is 4.21. The van der Waals surface area contributed by atoms with Gasteiger partial charge in [0.2, 0.25) is 5.91 Å². The van der Waals surface area contributed by atoms with Gasteiger partial charge in [0.1, 0.15) is 11.9 Å². The van der Waals surface area contributed by atoms with Gasteiger partial charge in [0.15, 0.2) is 5.82 Å². The molecule has 1 aliphatic carbocycles. The summed E-state index contributed by atoms with van der Waals surface area (Å²) in [5.74, 6) is 0.541. The van der Waals surface area contributed by atoms with Crippen molar-refractivity contribution in [3.05, 3.63) is 42.0 Å². The van der Waals surface area contributed by atoms with E-state index in [1.807, 2.05) is 19.1 Å². The van der Waals surface area contributed by atoms with Crippen molar-refractivity contribution in [1.29, 1.82) is 0 Å². The van der Waals surface area contributed by atoms with Crippen molar-refractivity contribution in [2.24, 2.45) is 0 Å². The predicted octanol–water partition coefficient (Wildman–Crippen LogP) is 3.64. The molecule has 0 radical (unpaired) electrons. The highest BCUT2D eigenvalue weighted by Gasteiger charge is 2.39. The van der Waals surface area contributed by atoms with Crippen LogP contribution in [-0.2, 0) is 4.79 Å². The van der Waals surface area contributed by atoms with E-state index >= 15 is 0 Å². The first-order valence-electron chi connectivity index (χ1n) is 9.63. The van der Waals surface area contributed by atoms with Crippen molar-refractivity contribution in [2.75, 3.05) is 22.2 Å². The minimum Gasteiger partial charge on any atom is -0.478 e. The Kier molecular flexibility index (Phi) is 4.66. The molecule has 146 valence electrons. The molecular formula is C21H24N4O3. The van der Waals surface area contributed by atoms with Gasteiger partial charge in [0.25, 0.3) is 0 Å². The maximum Gasteiger partial charge on any atom is 0.335 e. The quantitative estimate of drug-likeness (QED) is 0.842. The zero-order valence-corrected chi connectivity index (χ0v) is 16.1. The third kappa shape index (κ3) is 3.17. The number of carboxylic acid groups (broad SMARTS) is 1. The first-order chi connectivity index (χ1) is 13.5. The molecule has 7 heteroatoms. The van der Waals surface area contributed by atoms with Gasteiger partial charge in [-0.2, -0.15) is 0 Å². The molecule has 2 heterocycles. The van der Waals surface area contributed by atoms with Crippen LogP contribution in [0, 0.1) is 0 Å². The molecular weight excluding hydrogens is 356 g/mol. The number of likely N-dealkylation sites (N-methyl/N-ethyl adjacent to an activating group) is 1. The van der Waals surface area contributed by atoms with E-state index in [1.165, 1.54) is 12.8 Å². The highest BCUT2D eigenvalue weighted by atomic mass is 16.4. The van der Waals surface area contributed by atoms with Crippen LogP contribution in [0.15, 0.2) is 36.4 Å². The zero-order valence-electron chi connectivity index (χ0n) is 16.1. The van der Waals surface area contributed by atoms with Crippen LogP contribution in [0.4, 0.5) is 23.0 Å². The molecule has 1 fully saturated rings. The van der Waals surface area contributed by atoms with Gasteiger partial charge in [0, 0.05) is 18.8 Å². The topological polar surface area (TPSA) is 85.8 Å². The fraction of sp³-hybridized carbons (Fsp3) is 0.381. The number of nitrogens with zero attached hydrogens (tertiary/aromatic N) is 3. The number of nitrogens with one attached hydrogen (secondary N) is 1. The molecule has 1 aromatic carbocycles. The monoisotopic (exact) mass is 380 g/mol. The summed E-state index contributed by atoms with van der Waals surface area (Å²) in [4.78, 5) is 32.6. The number of carbonyl (C=O) groups is 2. The minimum absolute atomic E-state index is 0.0797. The lowest BCUT2D eigenvalue weighted by Gasteiger charge is -2.42. The standard InChI is InChI=1S/C21H24N4O3/c1-13-20(26)24(2)17-10-11-18(22-15-7-5-6-14(12-15)21(27)28)23-19(17)25(13)16-8-3-4-9-16/h5-7,10-13,16H,3-4,8-9H2,1-2H3,(H,22,23)(H,27,28). The smallest absolute Gasteiger partial charge is 0.335 e. The molecule has 1 saturated carbocycles. The molecule has 7 nitrogen and oxygen atoms in total. The molecule has 1 aromatic heterocycles. The van der Waals surface area contributed by atoms with Crippen molar-refractivity contribution in [3.63, 3.8) is 0 Å². The average molecular weight is 380 g/mol. The van der Waals surface area contributed by atoms with Gasteiger partial charge < -0.3 is 20.2 Å². The molecule has 2 aromatic rings. The molecule has 28 heavy (non-hydrogen) atoms. The van der Waals surface area contributed by atoms with Crippen LogP contribution in [0.1, 0.15) is 43.0 Å². The molecule has 1 unspecified atom stereocenters. The second-order valence-corrected chi connectivity index (χ2v) is 7.47. The van der Waals surface area contributed by atoms with Crippen LogP contribution in [0.5, 0.6) is 0 Å². The van der Waals surface area contributed by atoms with E-state index in [-0.39, 0.29) is 17.5 Å². The maximum absolute atomic E-state index is 12.7. The van der Waals surface area contributed by atoms with Crippen molar-refractivity contribution in [2.45, 2.75) is 44.7 Å². The van der Waals surface area contributed by atoms with E-state index < -0.39 is 5.97 Å². The second-order valence-electron chi connectivity index (χ2n) is 7.47. The van der Waals surface area contributed by atoms with Crippen LogP contribution in [0.3, 0.4) is 0 Å².